The van der Waals surface area contributed by atoms with Gasteiger partial charge in [0.25, 0.3) is 5.22 Å². The summed E-state index contributed by atoms with van der Waals surface area (Å²) in [5, 5.41) is 8.44. The highest BCUT2D eigenvalue weighted by molar-refractivity contribution is 7.99. The normalized spacial score (nSPS) is 22.2. The third-order valence-corrected chi connectivity index (χ3v) is 8.76. The lowest BCUT2D eigenvalue weighted by atomic mass is 9.93. The minimum absolute atomic E-state index is 0.0631. The zero-order valence-corrected chi connectivity index (χ0v) is 19.2. The van der Waals surface area contributed by atoms with E-state index in [1.807, 2.05) is 11.0 Å². The van der Waals surface area contributed by atoms with Crippen molar-refractivity contribution in [3.05, 3.63) is 18.2 Å². The van der Waals surface area contributed by atoms with Crippen LogP contribution < -0.4 is 9.47 Å². The van der Waals surface area contributed by atoms with Crippen molar-refractivity contribution in [2.45, 2.75) is 55.8 Å². The molecule has 2 fully saturated rings. The van der Waals surface area contributed by atoms with E-state index in [0.29, 0.717) is 34.6 Å². The van der Waals surface area contributed by atoms with E-state index < -0.39 is 9.84 Å². The molecule has 0 spiro atoms. The van der Waals surface area contributed by atoms with Crippen LogP contribution in [0.1, 0.15) is 38.5 Å². The maximum absolute atomic E-state index is 13.2. The number of aromatic nitrogens is 2. The first-order chi connectivity index (χ1) is 15.5. The monoisotopic (exact) mass is 479 g/mol. The van der Waals surface area contributed by atoms with Crippen LogP contribution in [-0.4, -0.2) is 65.6 Å². The van der Waals surface area contributed by atoms with E-state index in [1.54, 1.807) is 12.1 Å². The molecule has 1 aliphatic carbocycles. The third kappa shape index (κ3) is 4.59. The Hall–Kier alpha value is -2.27. The van der Waals surface area contributed by atoms with Gasteiger partial charge in [0.1, 0.15) is 0 Å². The molecule has 1 amide bonds. The van der Waals surface area contributed by atoms with E-state index >= 15 is 0 Å². The van der Waals surface area contributed by atoms with Crippen molar-refractivity contribution >= 4 is 27.5 Å². The second-order valence-electron chi connectivity index (χ2n) is 8.38. The Morgan fingerprint density at radius 2 is 1.88 bits per heavy atom. The summed E-state index contributed by atoms with van der Waals surface area (Å²) in [5.41, 5.74) is 0.708. The predicted octanol–water partition coefficient (Wildman–Crippen LogP) is 2.91. The zero-order chi connectivity index (χ0) is 22.1. The fraction of sp³-hybridized carbons (Fsp3) is 0.571. The van der Waals surface area contributed by atoms with Gasteiger partial charge in [-0.15, -0.1) is 10.2 Å². The molecule has 5 rings (SSSR count). The molecule has 172 valence electrons. The number of ether oxygens (including phenoxy) is 2. The molecule has 3 heterocycles. The van der Waals surface area contributed by atoms with Gasteiger partial charge in [-0.1, -0.05) is 31.0 Å². The topological polar surface area (TPSA) is 112 Å². The fourth-order valence-electron chi connectivity index (χ4n) is 4.67. The number of carbonyl (C=O) groups is 1. The molecule has 1 aromatic carbocycles. The summed E-state index contributed by atoms with van der Waals surface area (Å²) >= 11 is 1.18. The van der Waals surface area contributed by atoms with Crippen LogP contribution in [0.5, 0.6) is 11.5 Å². The number of rotatable bonds is 6. The highest BCUT2D eigenvalue weighted by Crippen LogP contribution is 2.36. The van der Waals surface area contributed by atoms with E-state index in [1.165, 1.54) is 18.2 Å². The number of nitrogens with zero attached hydrogens (tertiary/aromatic N) is 3. The molecule has 1 saturated carbocycles. The van der Waals surface area contributed by atoms with Crippen molar-refractivity contribution in [1.29, 1.82) is 0 Å². The van der Waals surface area contributed by atoms with Crippen LogP contribution in [0, 0.1) is 0 Å². The van der Waals surface area contributed by atoms with Crippen LogP contribution in [0.3, 0.4) is 0 Å². The molecule has 32 heavy (non-hydrogen) atoms. The Balaban J connectivity index is 1.26. The van der Waals surface area contributed by atoms with Crippen LogP contribution in [0.2, 0.25) is 0 Å². The van der Waals surface area contributed by atoms with Gasteiger partial charge in [0.2, 0.25) is 18.6 Å². The number of carbonyl (C=O) groups excluding carboxylic acids is 1. The van der Waals surface area contributed by atoms with Crippen molar-refractivity contribution in [3.8, 4) is 23.0 Å². The van der Waals surface area contributed by atoms with E-state index in [2.05, 4.69) is 10.2 Å². The van der Waals surface area contributed by atoms with Gasteiger partial charge in [-0.3, -0.25) is 4.79 Å². The van der Waals surface area contributed by atoms with Gasteiger partial charge in [-0.05, 0) is 37.5 Å². The second kappa shape index (κ2) is 8.93. The van der Waals surface area contributed by atoms with E-state index in [-0.39, 0.29) is 42.0 Å². The number of amides is 1. The molecule has 1 aromatic heterocycles. The number of benzene rings is 1. The first-order valence-corrected chi connectivity index (χ1v) is 13.7. The van der Waals surface area contributed by atoms with Crippen LogP contribution in [0.25, 0.3) is 11.5 Å². The van der Waals surface area contributed by atoms with Crippen molar-refractivity contribution in [1.82, 2.24) is 15.1 Å². The molecule has 11 heteroatoms. The highest BCUT2D eigenvalue weighted by atomic mass is 32.2. The lowest BCUT2D eigenvalue weighted by Crippen LogP contribution is -2.49. The molecule has 1 saturated heterocycles. The minimum Gasteiger partial charge on any atom is -0.454 e. The molecule has 3 aliphatic rings. The Kier molecular flexibility index (Phi) is 6.02. The summed E-state index contributed by atoms with van der Waals surface area (Å²) in [4.78, 5) is 15.1. The zero-order valence-electron chi connectivity index (χ0n) is 17.6. The second-order valence-corrected chi connectivity index (χ2v) is 11.5. The van der Waals surface area contributed by atoms with Gasteiger partial charge in [0.15, 0.2) is 21.3 Å². The molecular weight excluding hydrogens is 454 g/mol. The average Bonchev–Trinajstić information content (AvgIpc) is 3.52. The van der Waals surface area contributed by atoms with Crippen LogP contribution in [-0.2, 0) is 14.6 Å². The van der Waals surface area contributed by atoms with E-state index in [0.717, 1.165) is 25.7 Å². The number of sulfone groups is 1. The molecule has 0 bridgehead atoms. The van der Waals surface area contributed by atoms with E-state index in [9.17, 15) is 13.2 Å². The quantitative estimate of drug-likeness (QED) is 0.577. The van der Waals surface area contributed by atoms with Crippen molar-refractivity contribution < 1.29 is 27.1 Å². The molecule has 0 N–H and O–H groups in total. The van der Waals surface area contributed by atoms with Gasteiger partial charge < -0.3 is 18.8 Å². The van der Waals surface area contributed by atoms with Crippen LogP contribution in [0.15, 0.2) is 27.8 Å². The first kappa shape index (κ1) is 21.6. The van der Waals surface area contributed by atoms with Crippen molar-refractivity contribution in [2.24, 2.45) is 0 Å². The maximum atomic E-state index is 13.2. The molecular formula is C21H25N3O6S2. The van der Waals surface area contributed by atoms with Crippen molar-refractivity contribution in [2.75, 3.05) is 24.1 Å². The van der Waals surface area contributed by atoms with Gasteiger partial charge in [-0.25, -0.2) is 8.42 Å². The largest absolute Gasteiger partial charge is 0.454 e. The van der Waals surface area contributed by atoms with Crippen molar-refractivity contribution in [3.63, 3.8) is 0 Å². The number of fused-ring (bicyclic) bond motifs is 1. The Morgan fingerprint density at radius 1 is 1.06 bits per heavy atom. The lowest BCUT2D eigenvalue weighted by molar-refractivity contribution is -0.133. The lowest BCUT2D eigenvalue weighted by Gasteiger charge is -2.38. The van der Waals surface area contributed by atoms with Crippen LogP contribution >= 0.6 is 11.8 Å². The average molecular weight is 480 g/mol. The maximum Gasteiger partial charge on any atom is 0.277 e. The molecule has 9 nitrogen and oxygen atoms in total. The molecule has 1 atom stereocenters. The predicted molar refractivity (Wildman–Crippen MR) is 117 cm³/mol. The Morgan fingerprint density at radius 3 is 2.66 bits per heavy atom. The molecule has 2 aromatic rings. The number of thioether (sulfide) groups is 1. The minimum atomic E-state index is -3.07. The fourth-order valence-corrected chi connectivity index (χ4v) is 7.02. The van der Waals surface area contributed by atoms with Gasteiger partial charge >= 0.3 is 0 Å². The molecule has 2 aliphatic heterocycles. The first-order valence-electron chi connectivity index (χ1n) is 10.9. The summed E-state index contributed by atoms with van der Waals surface area (Å²) in [6, 6.07) is 5.26. The molecule has 0 unspecified atom stereocenters. The summed E-state index contributed by atoms with van der Waals surface area (Å²) in [7, 11) is -3.07. The summed E-state index contributed by atoms with van der Waals surface area (Å²) < 4.78 is 40.5. The summed E-state index contributed by atoms with van der Waals surface area (Å²) in [5.74, 6) is 1.93. The van der Waals surface area contributed by atoms with Gasteiger partial charge in [0, 0.05) is 17.6 Å². The number of hydrogen-bond donors (Lipinski definition) is 0. The highest BCUT2D eigenvalue weighted by Gasteiger charge is 2.38. The SMILES string of the molecule is O=C(CSc1nnc(-c2ccc3c(c2)OCO3)o1)N(C1CCCCC1)[C@@H]1CCS(=O)(=O)C1. The number of hydrogen-bond acceptors (Lipinski definition) is 9. The van der Waals surface area contributed by atoms with Crippen LogP contribution in [0.4, 0.5) is 0 Å². The summed E-state index contributed by atoms with van der Waals surface area (Å²) in [6.07, 6.45) is 5.70. The molecule has 0 radical (unpaired) electrons. The van der Waals surface area contributed by atoms with Gasteiger partial charge in [0.05, 0.1) is 17.3 Å². The van der Waals surface area contributed by atoms with E-state index in [4.69, 9.17) is 13.9 Å². The smallest absolute Gasteiger partial charge is 0.277 e. The third-order valence-electron chi connectivity index (χ3n) is 6.20. The Labute approximate surface area is 190 Å². The summed E-state index contributed by atoms with van der Waals surface area (Å²) in [6.45, 7) is 0.186. The standard InChI is InChI=1S/C21H25N3O6S2/c25-19(24(15-4-2-1-3-5-15)16-8-9-32(26,27)12-16)11-31-21-23-22-20(30-21)14-6-7-17-18(10-14)29-13-28-17/h6-7,10,15-16H,1-5,8-9,11-13H2/t16-/m1/s1. The van der Waals surface area contributed by atoms with Gasteiger partial charge in [-0.2, -0.15) is 0 Å². The Bertz CT molecular complexity index is 1100.